The number of anilines is 1. The molecule has 0 spiro atoms. The molecule has 0 saturated heterocycles. The molecule has 10 heteroatoms. The number of imidazole rings is 1. The van der Waals surface area contributed by atoms with E-state index in [1.165, 1.54) is 23.1 Å². The summed E-state index contributed by atoms with van der Waals surface area (Å²) in [4.78, 5) is 4.32. The van der Waals surface area contributed by atoms with Crippen molar-refractivity contribution in [3.63, 3.8) is 0 Å². The smallest absolute Gasteiger partial charge is 0.320 e. The average Bonchev–Trinajstić information content (AvgIpc) is 3.36. The van der Waals surface area contributed by atoms with Gasteiger partial charge in [0.05, 0.1) is 29.6 Å². The Bertz CT molecular complexity index is 999. The van der Waals surface area contributed by atoms with Gasteiger partial charge in [-0.2, -0.15) is 8.78 Å². The number of thioether (sulfide) groups is 1. The van der Waals surface area contributed by atoms with E-state index < -0.39 is 6.55 Å². The number of alkyl halides is 2. The third-order valence-corrected chi connectivity index (χ3v) is 5.60. The highest BCUT2D eigenvalue weighted by Crippen LogP contribution is 2.31. The molecule has 0 unspecified atom stereocenters. The third kappa shape index (κ3) is 3.56. The van der Waals surface area contributed by atoms with Gasteiger partial charge in [-0.15, -0.1) is 10.2 Å². The van der Waals surface area contributed by atoms with Crippen LogP contribution in [0.25, 0.3) is 11.0 Å². The second-order valence-corrected chi connectivity index (χ2v) is 7.46. The van der Waals surface area contributed by atoms with Gasteiger partial charge >= 0.3 is 6.55 Å². The number of nitrogens with zero attached hydrogens (tertiary/aromatic N) is 4. The number of para-hydroxylation sites is 2. The Hall–Kier alpha value is -2.46. The summed E-state index contributed by atoms with van der Waals surface area (Å²) < 4.78 is 33.7. The molecule has 0 aliphatic rings. The first-order chi connectivity index (χ1) is 12.7. The molecule has 3 heterocycles. The summed E-state index contributed by atoms with van der Waals surface area (Å²) in [6.07, 6.45) is 1.60. The number of hydrogen-bond acceptors (Lipinski definition) is 7. The predicted octanol–water partition coefficient (Wildman–Crippen LogP) is 4.78. The van der Waals surface area contributed by atoms with Crippen LogP contribution in [0.15, 0.2) is 51.4 Å². The lowest BCUT2D eigenvalue weighted by Gasteiger charge is -2.06. The number of furan rings is 1. The van der Waals surface area contributed by atoms with Gasteiger partial charge in [-0.1, -0.05) is 35.2 Å². The number of nitrogens with one attached hydrogen (secondary N) is 1. The quantitative estimate of drug-likeness (QED) is 0.456. The zero-order valence-corrected chi connectivity index (χ0v) is 14.9. The van der Waals surface area contributed by atoms with Gasteiger partial charge in [-0.3, -0.25) is 4.57 Å². The summed E-state index contributed by atoms with van der Waals surface area (Å²) in [6, 6.07) is 10.5. The van der Waals surface area contributed by atoms with Crippen LogP contribution >= 0.6 is 23.1 Å². The molecule has 0 radical (unpaired) electrons. The fourth-order valence-electron chi connectivity index (χ4n) is 2.46. The van der Waals surface area contributed by atoms with Crippen molar-refractivity contribution in [1.82, 2.24) is 19.7 Å². The van der Waals surface area contributed by atoms with Gasteiger partial charge in [0, 0.05) is 0 Å². The van der Waals surface area contributed by atoms with Crippen LogP contribution in [-0.2, 0) is 12.3 Å². The molecule has 1 N–H and O–H groups in total. The summed E-state index contributed by atoms with van der Waals surface area (Å²) in [5.74, 6) is 1.39. The number of hydrogen-bond donors (Lipinski definition) is 1. The maximum Gasteiger partial charge on any atom is 0.320 e. The summed E-state index contributed by atoms with van der Waals surface area (Å²) in [7, 11) is 0. The van der Waals surface area contributed by atoms with E-state index in [1.54, 1.807) is 30.5 Å². The first-order valence-corrected chi connectivity index (χ1v) is 9.47. The fourth-order valence-corrected chi connectivity index (χ4v) is 4.13. The third-order valence-electron chi connectivity index (χ3n) is 3.59. The maximum atomic E-state index is 13.4. The lowest BCUT2D eigenvalue weighted by molar-refractivity contribution is 0.0722. The lowest BCUT2D eigenvalue weighted by atomic mass is 10.3. The van der Waals surface area contributed by atoms with Crippen molar-refractivity contribution in [3.05, 3.63) is 54.2 Å². The molecule has 134 valence electrons. The molecular formula is C16H13F2N5OS2. The minimum absolute atomic E-state index is 0.284. The van der Waals surface area contributed by atoms with Crippen LogP contribution in [0, 0.1) is 0 Å². The Kier molecular flexibility index (Phi) is 4.85. The number of fused-ring (bicyclic) bond motifs is 1. The van der Waals surface area contributed by atoms with Crippen molar-refractivity contribution in [1.29, 1.82) is 0 Å². The number of aromatic nitrogens is 4. The normalized spacial score (nSPS) is 11.5. The van der Waals surface area contributed by atoms with E-state index >= 15 is 0 Å². The van der Waals surface area contributed by atoms with Crippen molar-refractivity contribution in [2.75, 3.05) is 5.32 Å². The molecule has 3 aromatic heterocycles. The SMILES string of the molecule is FC(F)n1c(CSc2nnc(NCc3ccco3)s2)nc2ccccc21. The molecule has 26 heavy (non-hydrogen) atoms. The number of rotatable bonds is 7. The van der Waals surface area contributed by atoms with Crippen LogP contribution in [0.5, 0.6) is 0 Å². The molecule has 4 aromatic rings. The van der Waals surface area contributed by atoms with E-state index in [9.17, 15) is 8.78 Å². The highest BCUT2D eigenvalue weighted by Gasteiger charge is 2.18. The minimum atomic E-state index is -2.64. The molecule has 0 atom stereocenters. The zero-order valence-electron chi connectivity index (χ0n) is 13.3. The summed E-state index contributed by atoms with van der Waals surface area (Å²) in [5.41, 5.74) is 0.984. The molecule has 0 aliphatic carbocycles. The van der Waals surface area contributed by atoms with Gasteiger partial charge in [0.2, 0.25) is 5.13 Å². The summed E-state index contributed by atoms with van der Waals surface area (Å²) >= 11 is 2.69. The van der Waals surface area contributed by atoms with Crippen LogP contribution in [0.3, 0.4) is 0 Å². The van der Waals surface area contributed by atoms with Crippen LogP contribution in [0.4, 0.5) is 13.9 Å². The highest BCUT2D eigenvalue weighted by atomic mass is 32.2. The molecule has 1 aromatic carbocycles. The molecule has 0 aliphatic heterocycles. The van der Waals surface area contributed by atoms with Crippen molar-refractivity contribution >= 4 is 39.3 Å². The van der Waals surface area contributed by atoms with Crippen molar-refractivity contribution in [2.45, 2.75) is 23.2 Å². The molecule has 0 amide bonds. The van der Waals surface area contributed by atoms with Crippen molar-refractivity contribution < 1.29 is 13.2 Å². The van der Waals surface area contributed by atoms with E-state index in [2.05, 4.69) is 20.5 Å². The maximum absolute atomic E-state index is 13.4. The van der Waals surface area contributed by atoms with Crippen LogP contribution in [0.2, 0.25) is 0 Å². The second kappa shape index (κ2) is 7.42. The standard InChI is InChI=1S/C16H13F2N5OS2/c17-14(18)23-12-6-2-1-5-11(12)20-13(23)9-25-16-22-21-15(26-16)19-8-10-4-3-7-24-10/h1-7,14H,8-9H2,(H,19,21). The van der Waals surface area contributed by atoms with E-state index in [-0.39, 0.29) is 5.75 Å². The van der Waals surface area contributed by atoms with Gasteiger partial charge in [0.15, 0.2) is 4.34 Å². The number of benzene rings is 1. The lowest BCUT2D eigenvalue weighted by Crippen LogP contribution is -2.03. The van der Waals surface area contributed by atoms with Gasteiger partial charge in [0.1, 0.15) is 11.6 Å². The van der Waals surface area contributed by atoms with Gasteiger partial charge in [-0.05, 0) is 24.3 Å². The molecule has 6 nitrogen and oxygen atoms in total. The van der Waals surface area contributed by atoms with Crippen LogP contribution < -0.4 is 5.32 Å². The largest absolute Gasteiger partial charge is 0.467 e. The van der Waals surface area contributed by atoms with Gasteiger partial charge in [-0.25, -0.2) is 4.98 Å². The molecule has 0 fully saturated rings. The Labute approximate surface area is 155 Å². The zero-order chi connectivity index (χ0) is 17.9. The molecular weight excluding hydrogens is 380 g/mol. The molecule has 0 bridgehead atoms. The summed E-state index contributed by atoms with van der Waals surface area (Å²) in [6.45, 7) is -2.13. The average molecular weight is 393 g/mol. The Balaban J connectivity index is 1.44. The highest BCUT2D eigenvalue weighted by molar-refractivity contribution is 8.00. The van der Waals surface area contributed by atoms with E-state index in [0.29, 0.717) is 32.9 Å². The molecule has 0 saturated carbocycles. The predicted molar refractivity (Wildman–Crippen MR) is 96.5 cm³/mol. The van der Waals surface area contributed by atoms with Crippen LogP contribution in [0.1, 0.15) is 18.1 Å². The first-order valence-electron chi connectivity index (χ1n) is 7.67. The summed E-state index contributed by atoms with van der Waals surface area (Å²) in [5, 5.41) is 11.9. The monoisotopic (exact) mass is 393 g/mol. The van der Waals surface area contributed by atoms with E-state index in [0.717, 1.165) is 10.3 Å². The Morgan fingerprint density at radius 3 is 2.88 bits per heavy atom. The van der Waals surface area contributed by atoms with E-state index in [1.807, 2.05) is 12.1 Å². The van der Waals surface area contributed by atoms with Crippen molar-refractivity contribution in [2.24, 2.45) is 0 Å². The minimum Gasteiger partial charge on any atom is -0.467 e. The Morgan fingerprint density at radius 2 is 2.08 bits per heavy atom. The first kappa shape index (κ1) is 17.0. The Morgan fingerprint density at radius 1 is 1.19 bits per heavy atom. The second-order valence-electron chi connectivity index (χ2n) is 5.26. The fraction of sp³-hybridized carbons (Fsp3) is 0.188. The van der Waals surface area contributed by atoms with Crippen LogP contribution in [-0.4, -0.2) is 19.7 Å². The molecule has 4 rings (SSSR count). The van der Waals surface area contributed by atoms with Gasteiger partial charge in [0.25, 0.3) is 0 Å². The van der Waals surface area contributed by atoms with Crippen molar-refractivity contribution in [3.8, 4) is 0 Å². The number of halogens is 2. The topological polar surface area (TPSA) is 68.8 Å². The van der Waals surface area contributed by atoms with E-state index in [4.69, 9.17) is 4.42 Å². The van der Waals surface area contributed by atoms with Gasteiger partial charge < -0.3 is 9.73 Å².